The van der Waals surface area contributed by atoms with Gasteiger partial charge in [-0.2, -0.15) is 0 Å². The average molecular weight is 300 g/mol. The molecular weight excluding hydrogens is 281 g/mol. The van der Waals surface area contributed by atoms with E-state index in [0.29, 0.717) is 31.2 Å². The molecule has 20 heavy (non-hydrogen) atoms. The highest BCUT2D eigenvalue weighted by Crippen LogP contribution is 2.19. The van der Waals surface area contributed by atoms with Crippen LogP contribution in [0.2, 0.25) is 5.02 Å². The second kappa shape index (κ2) is 7.04. The number of hydrogen-bond acceptors (Lipinski definition) is 2. The fourth-order valence-electron chi connectivity index (χ4n) is 2.40. The van der Waals surface area contributed by atoms with Crippen molar-refractivity contribution in [1.82, 2.24) is 4.90 Å². The third-order valence-electron chi connectivity index (χ3n) is 3.45. The molecular formula is C15H19ClFNO2. The van der Waals surface area contributed by atoms with Gasteiger partial charge in [0.25, 0.3) is 5.91 Å². The fraction of sp³-hybridized carbons (Fsp3) is 0.533. The van der Waals surface area contributed by atoms with Crippen LogP contribution in [-0.2, 0) is 4.74 Å². The molecule has 1 aromatic carbocycles. The van der Waals surface area contributed by atoms with E-state index in [1.807, 2.05) is 11.8 Å². The molecule has 0 radical (unpaired) electrons. The number of benzene rings is 1. The topological polar surface area (TPSA) is 29.5 Å². The summed E-state index contributed by atoms with van der Waals surface area (Å²) in [6, 6.07) is 4.11. The Balaban J connectivity index is 2.10. The van der Waals surface area contributed by atoms with Crippen molar-refractivity contribution in [3.63, 3.8) is 0 Å². The van der Waals surface area contributed by atoms with Crippen molar-refractivity contribution in [3.8, 4) is 0 Å². The summed E-state index contributed by atoms with van der Waals surface area (Å²) >= 11 is 5.74. The van der Waals surface area contributed by atoms with E-state index in [2.05, 4.69) is 0 Å². The van der Waals surface area contributed by atoms with Crippen LogP contribution in [0.25, 0.3) is 0 Å². The number of amides is 1. The minimum Gasteiger partial charge on any atom is -0.381 e. The Hall–Kier alpha value is -1.13. The van der Waals surface area contributed by atoms with Crippen LogP contribution in [0, 0.1) is 11.7 Å². The van der Waals surface area contributed by atoms with Gasteiger partial charge in [0, 0.05) is 31.2 Å². The van der Waals surface area contributed by atoms with Crippen LogP contribution in [0.3, 0.4) is 0 Å². The predicted octanol–water partition coefficient (Wildman–Crippen LogP) is 3.37. The van der Waals surface area contributed by atoms with Crippen LogP contribution in [0.15, 0.2) is 18.2 Å². The smallest absolute Gasteiger partial charge is 0.253 e. The summed E-state index contributed by atoms with van der Waals surface area (Å²) < 4.78 is 18.5. The average Bonchev–Trinajstić information content (AvgIpc) is 2.93. The molecule has 0 saturated carbocycles. The monoisotopic (exact) mass is 299 g/mol. The first kappa shape index (κ1) is 15.3. The van der Waals surface area contributed by atoms with Gasteiger partial charge >= 0.3 is 0 Å². The van der Waals surface area contributed by atoms with Crippen LogP contribution >= 0.6 is 11.6 Å². The molecule has 1 amide bonds. The van der Waals surface area contributed by atoms with E-state index in [9.17, 15) is 9.18 Å². The lowest BCUT2D eigenvalue weighted by Gasteiger charge is -2.25. The molecule has 1 saturated heterocycles. The van der Waals surface area contributed by atoms with E-state index >= 15 is 0 Å². The fourth-order valence-corrected chi connectivity index (χ4v) is 2.58. The zero-order chi connectivity index (χ0) is 14.5. The Bertz CT molecular complexity index is 475. The van der Waals surface area contributed by atoms with Gasteiger partial charge in [-0.1, -0.05) is 18.5 Å². The first-order chi connectivity index (χ1) is 9.61. The molecule has 3 nitrogen and oxygen atoms in total. The highest BCUT2D eigenvalue weighted by atomic mass is 35.5. The number of rotatable bonds is 5. The van der Waals surface area contributed by atoms with Crippen LogP contribution in [-0.4, -0.2) is 37.1 Å². The Labute approximate surface area is 123 Å². The van der Waals surface area contributed by atoms with Crippen molar-refractivity contribution in [2.24, 2.45) is 5.92 Å². The van der Waals surface area contributed by atoms with Crippen molar-refractivity contribution in [1.29, 1.82) is 0 Å². The molecule has 5 heteroatoms. The van der Waals surface area contributed by atoms with E-state index in [4.69, 9.17) is 16.3 Å². The van der Waals surface area contributed by atoms with Crippen LogP contribution in [0.4, 0.5) is 4.39 Å². The lowest BCUT2D eigenvalue weighted by Crippen LogP contribution is -2.36. The van der Waals surface area contributed by atoms with Gasteiger partial charge < -0.3 is 9.64 Å². The number of halogens is 2. The molecule has 110 valence electrons. The largest absolute Gasteiger partial charge is 0.381 e. The quantitative estimate of drug-likeness (QED) is 0.834. The highest BCUT2D eigenvalue weighted by molar-refractivity contribution is 6.31. The maximum atomic E-state index is 13.2. The van der Waals surface area contributed by atoms with E-state index in [-0.39, 0.29) is 10.9 Å². The third-order valence-corrected chi connectivity index (χ3v) is 3.74. The van der Waals surface area contributed by atoms with Crippen molar-refractivity contribution in [2.45, 2.75) is 19.8 Å². The summed E-state index contributed by atoms with van der Waals surface area (Å²) in [6.07, 6.45) is 1.87. The molecule has 1 aliphatic heterocycles. The number of ether oxygens (including phenoxy) is 1. The van der Waals surface area contributed by atoms with Crippen LogP contribution < -0.4 is 0 Å². The molecule has 1 aromatic rings. The normalized spacial score (nSPS) is 18.2. The SMILES string of the molecule is CCCN(CC1CCOC1)C(=O)c1ccc(F)c(Cl)c1. The second-order valence-corrected chi connectivity index (χ2v) is 5.52. The summed E-state index contributed by atoms with van der Waals surface area (Å²) in [5.74, 6) is -0.212. The minimum absolute atomic E-state index is 0.0171. The van der Waals surface area contributed by atoms with Crippen LogP contribution in [0.5, 0.6) is 0 Å². The molecule has 1 unspecified atom stereocenters. The Kier molecular flexibility index (Phi) is 5.38. The molecule has 1 aliphatic rings. The van der Waals surface area contributed by atoms with Gasteiger partial charge in [0.1, 0.15) is 5.82 Å². The molecule has 1 fully saturated rings. The first-order valence-electron chi connectivity index (χ1n) is 6.94. The molecule has 0 bridgehead atoms. The van der Waals surface area contributed by atoms with E-state index in [0.717, 1.165) is 19.4 Å². The zero-order valence-electron chi connectivity index (χ0n) is 11.6. The number of carbonyl (C=O) groups excluding carboxylic acids is 1. The number of carbonyl (C=O) groups is 1. The standard InChI is InChI=1S/C15H19ClFNO2/c1-2-6-18(9-11-5-7-20-10-11)15(19)12-3-4-14(17)13(16)8-12/h3-4,8,11H,2,5-7,9-10H2,1H3. The molecule has 0 spiro atoms. The summed E-state index contributed by atoms with van der Waals surface area (Å²) in [5.41, 5.74) is 0.434. The van der Waals surface area contributed by atoms with Gasteiger partial charge in [0.15, 0.2) is 0 Å². The molecule has 0 aliphatic carbocycles. The lowest BCUT2D eigenvalue weighted by molar-refractivity contribution is 0.0720. The van der Waals surface area contributed by atoms with Crippen LogP contribution in [0.1, 0.15) is 30.1 Å². The maximum absolute atomic E-state index is 13.2. The van der Waals surface area contributed by atoms with Gasteiger partial charge in [0.05, 0.1) is 11.6 Å². The van der Waals surface area contributed by atoms with E-state index in [1.54, 1.807) is 0 Å². The second-order valence-electron chi connectivity index (χ2n) is 5.11. The first-order valence-corrected chi connectivity index (χ1v) is 7.31. The van der Waals surface area contributed by atoms with Crippen molar-refractivity contribution < 1.29 is 13.9 Å². The van der Waals surface area contributed by atoms with Gasteiger partial charge in [-0.05, 0) is 31.0 Å². The molecule has 2 rings (SSSR count). The summed E-state index contributed by atoms with van der Waals surface area (Å²) in [5, 5.41) is -0.0171. The maximum Gasteiger partial charge on any atom is 0.253 e. The Morgan fingerprint density at radius 2 is 2.35 bits per heavy atom. The Morgan fingerprint density at radius 1 is 1.55 bits per heavy atom. The van der Waals surface area contributed by atoms with Gasteiger partial charge in [0.2, 0.25) is 0 Å². The van der Waals surface area contributed by atoms with Crippen molar-refractivity contribution in [3.05, 3.63) is 34.6 Å². The van der Waals surface area contributed by atoms with Gasteiger partial charge in [-0.3, -0.25) is 4.79 Å². The third kappa shape index (κ3) is 3.70. The van der Waals surface area contributed by atoms with E-state index in [1.165, 1.54) is 18.2 Å². The van der Waals surface area contributed by atoms with Gasteiger partial charge in [-0.15, -0.1) is 0 Å². The summed E-state index contributed by atoms with van der Waals surface area (Å²) in [6.45, 7) is 4.87. The minimum atomic E-state index is -0.505. The van der Waals surface area contributed by atoms with Crippen molar-refractivity contribution in [2.75, 3.05) is 26.3 Å². The lowest BCUT2D eigenvalue weighted by atomic mass is 10.1. The van der Waals surface area contributed by atoms with E-state index < -0.39 is 5.82 Å². The molecule has 0 aromatic heterocycles. The molecule has 0 N–H and O–H groups in total. The Morgan fingerprint density at radius 3 is 2.95 bits per heavy atom. The summed E-state index contributed by atoms with van der Waals surface area (Å²) in [4.78, 5) is 14.3. The predicted molar refractivity (Wildman–Crippen MR) is 76.5 cm³/mol. The van der Waals surface area contributed by atoms with Gasteiger partial charge in [-0.25, -0.2) is 4.39 Å². The summed E-state index contributed by atoms with van der Waals surface area (Å²) in [7, 11) is 0. The zero-order valence-corrected chi connectivity index (χ0v) is 12.3. The molecule has 1 heterocycles. The van der Waals surface area contributed by atoms with Crippen molar-refractivity contribution >= 4 is 17.5 Å². The molecule has 1 atom stereocenters. The highest BCUT2D eigenvalue weighted by Gasteiger charge is 2.23. The number of hydrogen-bond donors (Lipinski definition) is 0. The number of nitrogens with zero attached hydrogens (tertiary/aromatic N) is 1.